The molecule has 0 fully saturated rings. The average Bonchev–Trinajstić information content (AvgIpc) is 2.74. The minimum absolute atomic E-state index is 0.0436. The van der Waals surface area contributed by atoms with Gasteiger partial charge in [0.05, 0.1) is 9.35 Å². The molecule has 0 atom stereocenters. The third-order valence-electron chi connectivity index (χ3n) is 2.91. The molecule has 100 valence electrons. The van der Waals surface area contributed by atoms with E-state index in [9.17, 15) is 4.79 Å². The number of amides is 1. The van der Waals surface area contributed by atoms with Crippen molar-refractivity contribution in [2.75, 3.05) is 12.8 Å². The minimum Gasteiger partial charge on any atom is -0.398 e. The zero-order valence-corrected chi connectivity index (χ0v) is 13.2. The van der Waals surface area contributed by atoms with E-state index >= 15 is 0 Å². The average molecular weight is 339 g/mol. The predicted octanol–water partition coefficient (Wildman–Crippen LogP) is 3.67. The van der Waals surface area contributed by atoms with E-state index in [0.717, 1.165) is 14.9 Å². The number of aryl methyl sites for hydroxylation is 1. The minimum atomic E-state index is -0.0436. The molecule has 1 heterocycles. The van der Waals surface area contributed by atoms with Gasteiger partial charge >= 0.3 is 0 Å². The van der Waals surface area contributed by atoms with Crippen LogP contribution in [0.2, 0.25) is 0 Å². The molecule has 19 heavy (non-hydrogen) atoms. The number of anilines is 1. The zero-order chi connectivity index (χ0) is 14.0. The number of thiophene rings is 1. The molecule has 1 amide bonds. The van der Waals surface area contributed by atoms with E-state index in [0.29, 0.717) is 17.8 Å². The van der Waals surface area contributed by atoms with Gasteiger partial charge in [-0.25, -0.2) is 0 Å². The number of nitrogens with two attached hydrogens (primary N) is 1. The molecule has 0 unspecified atom stereocenters. The first-order valence-electron chi connectivity index (χ1n) is 5.82. The molecule has 0 radical (unpaired) electrons. The molecular formula is C14H15BrN2OS. The largest absolute Gasteiger partial charge is 0.398 e. The maximum Gasteiger partial charge on any atom is 0.256 e. The molecule has 0 saturated heterocycles. The van der Waals surface area contributed by atoms with Gasteiger partial charge in [-0.1, -0.05) is 12.1 Å². The monoisotopic (exact) mass is 338 g/mol. The third kappa shape index (κ3) is 3.16. The van der Waals surface area contributed by atoms with Crippen LogP contribution >= 0.6 is 27.3 Å². The molecular weight excluding hydrogens is 324 g/mol. The lowest BCUT2D eigenvalue weighted by Crippen LogP contribution is -2.27. The third-order valence-corrected chi connectivity index (χ3v) is 4.46. The Morgan fingerprint density at radius 3 is 2.79 bits per heavy atom. The first kappa shape index (κ1) is 14.1. The number of carbonyl (C=O) groups excluding carboxylic acids is 1. The molecule has 2 aromatic rings. The molecule has 2 rings (SSSR count). The molecule has 1 aromatic heterocycles. The molecule has 0 spiro atoms. The normalized spacial score (nSPS) is 10.5. The van der Waals surface area contributed by atoms with Crippen LogP contribution in [0, 0.1) is 6.92 Å². The SMILES string of the molecule is Cc1cccc(N)c1C(=O)N(C)Cc1csc(Br)c1. The van der Waals surface area contributed by atoms with Crippen molar-refractivity contribution in [1.29, 1.82) is 0 Å². The summed E-state index contributed by atoms with van der Waals surface area (Å²) < 4.78 is 1.07. The van der Waals surface area contributed by atoms with Gasteiger partial charge in [0.2, 0.25) is 0 Å². The summed E-state index contributed by atoms with van der Waals surface area (Å²) in [5.74, 6) is -0.0436. The Kier molecular flexibility index (Phi) is 4.27. The number of rotatable bonds is 3. The molecule has 0 aliphatic rings. The van der Waals surface area contributed by atoms with Gasteiger partial charge in [-0.05, 0) is 51.5 Å². The summed E-state index contributed by atoms with van der Waals surface area (Å²) in [6.45, 7) is 2.48. The Balaban J connectivity index is 2.19. The first-order chi connectivity index (χ1) is 8.99. The van der Waals surface area contributed by atoms with E-state index in [-0.39, 0.29) is 5.91 Å². The van der Waals surface area contributed by atoms with E-state index < -0.39 is 0 Å². The van der Waals surface area contributed by atoms with Gasteiger partial charge in [-0.2, -0.15) is 0 Å². The molecule has 0 bridgehead atoms. The quantitative estimate of drug-likeness (QED) is 0.868. The smallest absolute Gasteiger partial charge is 0.256 e. The summed E-state index contributed by atoms with van der Waals surface area (Å²) in [6.07, 6.45) is 0. The number of nitrogen functional groups attached to an aromatic ring is 1. The van der Waals surface area contributed by atoms with E-state index in [4.69, 9.17) is 5.73 Å². The van der Waals surface area contributed by atoms with Crippen LogP contribution in [0.25, 0.3) is 0 Å². The van der Waals surface area contributed by atoms with E-state index in [1.54, 1.807) is 29.4 Å². The van der Waals surface area contributed by atoms with Gasteiger partial charge in [-0.3, -0.25) is 4.79 Å². The van der Waals surface area contributed by atoms with Gasteiger partial charge in [0, 0.05) is 19.3 Å². The Morgan fingerprint density at radius 2 is 2.21 bits per heavy atom. The summed E-state index contributed by atoms with van der Waals surface area (Å²) in [4.78, 5) is 14.1. The van der Waals surface area contributed by atoms with E-state index in [1.807, 2.05) is 30.5 Å². The van der Waals surface area contributed by atoms with Crippen LogP contribution in [0.1, 0.15) is 21.5 Å². The Bertz CT molecular complexity index is 589. The number of hydrogen-bond donors (Lipinski definition) is 1. The number of hydrogen-bond acceptors (Lipinski definition) is 3. The number of halogens is 1. The Morgan fingerprint density at radius 1 is 1.47 bits per heavy atom. The highest BCUT2D eigenvalue weighted by Gasteiger charge is 2.17. The number of nitrogens with zero attached hydrogens (tertiary/aromatic N) is 1. The van der Waals surface area contributed by atoms with Gasteiger partial charge in [0.1, 0.15) is 0 Å². The maximum absolute atomic E-state index is 12.4. The number of benzene rings is 1. The van der Waals surface area contributed by atoms with Crippen molar-refractivity contribution < 1.29 is 4.79 Å². The maximum atomic E-state index is 12.4. The molecule has 3 nitrogen and oxygen atoms in total. The summed E-state index contributed by atoms with van der Waals surface area (Å²) >= 11 is 5.04. The van der Waals surface area contributed by atoms with Crippen LogP contribution in [0.3, 0.4) is 0 Å². The van der Waals surface area contributed by atoms with Crippen molar-refractivity contribution in [2.24, 2.45) is 0 Å². The Labute approximate surface area is 125 Å². The van der Waals surface area contributed by atoms with Gasteiger partial charge < -0.3 is 10.6 Å². The van der Waals surface area contributed by atoms with Crippen molar-refractivity contribution in [2.45, 2.75) is 13.5 Å². The summed E-state index contributed by atoms with van der Waals surface area (Å²) in [7, 11) is 1.79. The lowest BCUT2D eigenvalue weighted by atomic mass is 10.1. The highest BCUT2D eigenvalue weighted by Crippen LogP contribution is 2.23. The predicted molar refractivity (Wildman–Crippen MR) is 83.4 cm³/mol. The van der Waals surface area contributed by atoms with Crippen molar-refractivity contribution in [3.8, 4) is 0 Å². The highest BCUT2D eigenvalue weighted by molar-refractivity contribution is 9.11. The fraction of sp³-hybridized carbons (Fsp3) is 0.214. The fourth-order valence-corrected chi connectivity index (χ4v) is 3.15. The first-order valence-corrected chi connectivity index (χ1v) is 7.49. The molecule has 1 aromatic carbocycles. The van der Waals surface area contributed by atoms with Crippen LogP contribution in [-0.2, 0) is 6.54 Å². The van der Waals surface area contributed by atoms with Gasteiger partial charge in [-0.15, -0.1) is 11.3 Å². The molecule has 5 heteroatoms. The van der Waals surface area contributed by atoms with E-state index in [1.165, 1.54) is 0 Å². The van der Waals surface area contributed by atoms with Crippen LogP contribution in [0.5, 0.6) is 0 Å². The summed E-state index contributed by atoms with van der Waals surface area (Å²) in [5, 5.41) is 2.04. The second-order valence-electron chi connectivity index (χ2n) is 4.46. The van der Waals surface area contributed by atoms with Crippen molar-refractivity contribution in [1.82, 2.24) is 4.90 Å². The van der Waals surface area contributed by atoms with Crippen LogP contribution < -0.4 is 5.73 Å². The molecule has 0 aliphatic heterocycles. The highest BCUT2D eigenvalue weighted by atomic mass is 79.9. The second kappa shape index (κ2) is 5.75. The zero-order valence-electron chi connectivity index (χ0n) is 10.8. The van der Waals surface area contributed by atoms with Crippen LogP contribution in [0.4, 0.5) is 5.69 Å². The Hall–Kier alpha value is -1.33. The van der Waals surface area contributed by atoms with E-state index in [2.05, 4.69) is 15.9 Å². The second-order valence-corrected chi connectivity index (χ2v) is 6.75. The summed E-state index contributed by atoms with van der Waals surface area (Å²) in [6, 6.07) is 7.54. The molecule has 2 N–H and O–H groups in total. The van der Waals surface area contributed by atoms with Gasteiger partial charge in [0.15, 0.2) is 0 Å². The lowest BCUT2D eigenvalue weighted by Gasteiger charge is -2.19. The topological polar surface area (TPSA) is 46.3 Å². The molecule has 0 aliphatic carbocycles. The standard InChI is InChI=1S/C14H15BrN2OS/c1-9-4-3-5-11(16)13(9)14(18)17(2)7-10-6-12(15)19-8-10/h3-6,8H,7,16H2,1-2H3. The fourth-order valence-electron chi connectivity index (χ4n) is 1.95. The van der Waals surface area contributed by atoms with Crippen LogP contribution in [0.15, 0.2) is 33.4 Å². The van der Waals surface area contributed by atoms with Gasteiger partial charge in [0.25, 0.3) is 5.91 Å². The van der Waals surface area contributed by atoms with Crippen LogP contribution in [-0.4, -0.2) is 17.9 Å². The molecule has 0 saturated carbocycles. The lowest BCUT2D eigenvalue weighted by molar-refractivity contribution is 0.0785. The van der Waals surface area contributed by atoms with Crippen molar-refractivity contribution in [3.63, 3.8) is 0 Å². The number of carbonyl (C=O) groups is 1. The van der Waals surface area contributed by atoms with Crippen molar-refractivity contribution in [3.05, 3.63) is 50.1 Å². The van der Waals surface area contributed by atoms with Crippen molar-refractivity contribution >= 4 is 38.9 Å². The summed E-state index contributed by atoms with van der Waals surface area (Å²) in [5.41, 5.74) is 9.05.